The predicted molar refractivity (Wildman–Crippen MR) is 68.5 cm³/mol. The Bertz CT molecular complexity index is 332. The average Bonchev–Trinajstić information content (AvgIpc) is 2.31. The summed E-state index contributed by atoms with van der Waals surface area (Å²) in [6, 6.07) is 3.99. The second-order valence-corrected chi connectivity index (χ2v) is 4.79. The molecule has 2 rings (SSSR count). The normalized spacial score (nSPS) is 17.3. The molecule has 0 saturated heterocycles. The number of hydrogen-bond donors (Lipinski definition) is 1. The number of aromatic nitrogens is 1. The summed E-state index contributed by atoms with van der Waals surface area (Å²) in [6.45, 7) is 1.11. The fraction of sp³-hybridized carbons (Fsp3) is 0.615. The number of rotatable bonds is 3. The Hall–Kier alpha value is -1.25. The third-order valence-corrected chi connectivity index (χ3v) is 3.48. The van der Waals surface area contributed by atoms with Crippen molar-refractivity contribution >= 4 is 11.5 Å². The Balaban J connectivity index is 1.96. The van der Waals surface area contributed by atoms with Gasteiger partial charge in [0.1, 0.15) is 5.82 Å². The van der Waals surface area contributed by atoms with Crippen molar-refractivity contribution in [1.29, 1.82) is 0 Å². The molecule has 1 heterocycles. The molecule has 3 heteroatoms. The molecular weight excluding hydrogens is 198 g/mol. The molecule has 1 saturated carbocycles. The van der Waals surface area contributed by atoms with Crippen molar-refractivity contribution in [2.24, 2.45) is 5.92 Å². The van der Waals surface area contributed by atoms with Crippen LogP contribution in [0.2, 0.25) is 0 Å². The molecule has 0 bridgehead atoms. The first-order chi connectivity index (χ1) is 7.77. The summed E-state index contributed by atoms with van der Waals surface area (Å²) in [5.74, 6) is 1.47. The number of nitrogens with zero attached hydrogens (tertiary/aromatic N) is 2. The van der Waals surface area contributed by atoms with Crippen molar-refractivity contribution in [2.45, 2.75) is 32.1 Å². The topological polar surface area (TPSA) is 42.2 Å². The maximum absolute atomic E-state index is 5.87. The summed E-state index contributed by atoms with van der Waals surface area (Å²) >= 11 is 0. The van der Waals surface area contributed by atoms with E-state index >= 15 is 0 Å². The fourth-order valence-electron chi connectivity index (χ4n) is 2.59. The molecule has 1 aromatic rings. The van der Waals surface area contributed by atoms with E-state index in [1.165, 1.54) is 32.1 Å². The van der Waals surface area contributed by atoms with E-state index in [4.69, 9.17) is 5.73 Å². The Morgan fingerprint density at radius 1 is 1.38 bits per heavy atom. The molecule has 1 aliphatic rings. The van der Waals surface area contributed by atoms with Gasteiger partial charge in [-0.15, -0.1) is 0 Å². The van der Waals surface area contributed by atoms with Crippen molar-refractivity contribution in [2.75, 3.05) is 24.2 Å². The summed E-state index contributed by atoms with van der Waals surface area (Å²) in [6.07, 6.45) is 8.67. The fourth-order valence-corrected chi connectivity index (χ4v) is 2.59. The van der Waals surface area contributed by atoms with Gasteiger partial charge in [-0.2, -0.15) is 0 Å². The van der Waals surface area contributed by atoms with Gasteiger partial charge in [-0.3, -0.25) is 0 Å². The zero-order chi connectivity index (χ0) is 11.4. The van der Waals surface area contributed by atoms with Crippen LogP contribution in [0.3, 0.4) is 0 Å². The average molecular weight is 219 g/mol. The molecular formula is C13H21N3. The molecule has 16 heavy (non-hydrogen) atoms. The Morgan fingerprint density at radius 3 is 2.81 bits per heavy atom. The minimum atomic E-state index is 0.640. The largest absolute Gasteiger partial charge is 0.382 e. The van der Waals surface area contributed by atoms with E-state index in [2.05, 4.69) is 16.9 Å². The van der Waals surface area contributed by atoms with Gasteiger partial charge in [-0.05, 0) is 30.9 Å². The van der Waals surface area contributed by atoms with Crippen LogP contribution in [-0.2, 0) is 0 Å². The van der Waals surface area contributed by atoms with Gasteiger partial charge < -0.3 is 10.6 Å². The molecule has 1 aliphatic carbocycles. The third kappa shape index (κ3) is 2.65. The summed E-state index contributed by atoms with van der Waals surface area (Å²) in [5, 5.41) is 0. The lowest BCUT2D eigenvalue weighted by atomic mass is 9.89. The van der Waals surface area contributed by atoms with Gasteiger partial charge in [0.05, 0.1) is 5.69 Å². The van der Waals surface area contributed by atoms with Crippen molar-refractivity contribution in [3.05, 3.63) is 18.3 Å². The van der Waals surface area contributed by atoms with Crippen LogP contribution in [0.5, 0.6) is 0 Å². The first-order valence-electron chi connectivity index (χ1n) is 6.19. The lowest BCUT2D eigenvalue weighted by Gasteiger charge is -2.28. The van der Waals surface area contributed by atoms with Crippen LogP contribution in [0.4, 0.5) is 11.5 Å². The third-order valence-electron chi connectivity index (χ3n) is 3.48. The van der Waals surface area contributed by atoms with E-state index in [0.29, 0.717) is 5.82 Å². The summed E-state index contributed by atoms with van der Waals surface area (Å²) in [5.41, 5.74) is 6.94. The lowest BCUT2D eigenvalue weighted by Crippen LogP contribution is -2.27. The van der Waals surface area contributed by atoms with E-state index in [1.807, 2.05) is 12.1 Å². The second-order valence-electron chi connectivity index (χ2n) is 4.79. The number of nitrogens with two attached hydrogens (primary N) is 1. The summed E-state index contributed by atoms with van der Waals surface area (Å²) in [7, 11) is 2.11. The lowest BCUT2D eigenvalue weighted by molar-refractivity contribution is 0.362. The number of hydrogen-bond acceptors (Lipinski definition) is 3. The summed E-state index contributed by atoms with van der Waals surface area (Å²) < 4.78 is 0. The highest BCUT2D eigenvalue weighted by Crippen LogP contribution is 2.27. The molecule has 1 fully saturated rings. The van der Waals surface area contributed by atoms with Gasteiger partial charge in [-0.25, -0.2) is 4.98 Å². The second kappa shape index (κ2) is 5.19. The molecule has 0 atom stereocenters. The molecule has 88 valence electrons. The van der Waals surface area contributed by atoms with Gasteiger partial charge in [0.25, 0.3) is 0 Å². The molecule has 1 aromatic heterocycles. The molecule has 3 nitrogen and oxygen atoms in total. The smallest absolute Gasteiger partial charge is 0.146 e. The van der Waals surface area contributed by atoms with Gasteiger partial charge in [0, 0.05) is 19.8 Å². The highest BCUT2D eigenvalue weighted by molar-refractivity contribution is 5.62. The maximum Gasteiger partial charge on any atom is 0.146 e. The van der Waals surface area contributed by atoms with E-state index < -0.39 is 0 Å². The molecule has 0 amide bonds. The van der Waals surface area contributed by atoms with Crippen molar-refractivity contribution in [3.63, 3.8) is 0 Å². The number of anilines is 2. The highest BCUT2D eigenvalue weighted by Gasteiger charge is 2.16. The van der Waals surface area contributed by atoms with E-state index in [9.17, 15) is 0 Å². The highest BCUT2D eigenvalue weighted by atomic mass is 15.1. The minimum Gasteiger partial charge on any atom is -0.382 e. The van der Waals surface area contributed by atoms with Crippen molar-refractivity contribution in [3.8, 4) is 0 Å². The van der Waals surface area contributed by atoms with Gasteiger partial charge in [0.2, 0.25) is 0 Å². The van der Waals surface area contributed by atoms with E-state index in [0.717, 1.165) is 18.2 Å². The van der Waals surface area contributed by atoms with Crippen LogP contribution in [-0.4, -0.2) is 18.6 Å². The van der Waals surface area contributed by atoms with Crippen molar-refractivity contribution in [1.82, 2.24) is 4.98 Å². The number of nitrogen functional groups attached to an aromatic ring is 1. The molecule has 0 spiro atoms. The SMILES string of the molecule is CN(CC1CCCCC1)c1cccnc1N. The van der Waals surface area contributed by atoms with Crippen LogP contribution < -0.4 is 10.6 Å². The predicted octanol–water partition coefficient (Wildman–Crippen LogP) is 2.68. The van der Waals surface area contributed by atoms with Gasteiger partial charge in [0.15, 0.2) is 0 Å². The molecule has 0 unspecified atom stereocenters. The molecule has 0 radical (unpaired) electrons. The van der Waals surface area contributed by atoms with Crippen molar-refractivity contribution < 1.29 is 0 Å². The first-order valence-corrected chi connectivity index (χ1v) is 6.19. The van der Waals surface area contributed by atoms with E-state index in [-0.39, 0.29) is 0 Å². The maximum atomic E-state index is 5.87. The van der Waals surface area contributed by atoms with Crippen LogP contribution in [0.1, 0.15) is 32.1 Å². The van der Waals surface area contributed by atoms with E-state index in [1.54, 1.807) is 6.20 Å². The molecule has 2 N–H and O–H groups in total. The number of pyridine rings is 1. The van der Waals surface area contributed by atoms with Crippen LogP contribution >= 0.6 is 0 Å². The minimum absolute atomic E-state index is 0.640. The Labute approximate surface area is 97.7 Å². The van der Waals surface area contributed by atoms with Crippen LogP contribution in [0, 0.1) is 5.92 Å². The zero-order valence-corrected chi connectivity index (χ0v) is 10.0. The molecule has 0 aromatic carbocycles. The molecule has 0 aliphatic heterocycles. The van der Waals surface area contributed by atoms with Crippen LogP contribution in [0.15, 0.2) is 18.3 Å². The quantitative estimate of drug-likeness (QED) is 0.850. The Morgan fingerprint density at radius 2 is 2.12 bits per heavy atom. The Kier molecular flexibility index (Phi) is 3.65. The zero-order valence-electron chi connectivity index (χ0n) is 10.0. The monoisotopic (exact) mass is 219 g/mol. The van der Waals surface area contributed by atoms with Crippen LogP contribution in [0.25, 0.3) is 0 Å². The van der Waals surface area contributed by atoms with Gasteiger partial charge in [-0.1, -0.05) is 19.3 Å². The first kappa shape index (κ1) is 11.2. The standard InChI is InChI=1S/C13H21N3/c1-16(10-11-6-3-2-4-7-11)12-8-5-9-15-13(12)14/h5,8-9,11H,2-4,6-7,10H2,1H3,(H2,14,15). The van der Waals surface area contributed by atoms with Gasteiger partial charge >= 0.3 is 0 Å². The summed E-state index contributed by atoms with van der Waals surface area (Å²) in [4.78, 5) is 6.38.